The highest BCUT2D eigenvalue weighted by molar-refractivity contribution is 5.99. The van der Waals surface area contributed by atoms with E-state index in [4.69, 9.17) is 14.2 Å². The van der Waals surface area contributed by atoms with Crippen LogP contribution in [0.5, 0.6) is 11.5 Å². The van der Waals surface area contributed by atoms with Gasteiger partial charge in [0.2, 0.25) is 0 Å². The number of fused-ring (bicyclic) bond motifs is 1. The van der Waals surface area contributed by atoms with Gasteiger partial charge in [0.1, 0.15) is 17.8 Å². The van der Waals surface area contributed by atoms with E-state index in [1.807, 2.05) is 0 Å². The van der Waals surface area contributed by atoms with Crippen molar-refractivity contribution < 1.29 is 28.9 Å². The molecule has 0 aliphatic rings. The van der Waals surface area contributed by atoms with E-state index in [0.29, 0.717) is 22.4 Å². The second-order valence-corrected chi connectivity index (χ2v) is 6.24. The summed E-state index contributed by atoms with van der Waals surface area (Å²) < 4.78 is 17.2. The summed E-state index contributed by atoms with van der Waals surface area (Å²) in [6.07, 6.45) is 0. The van der Waals surface area contributed by atoms with E-state index >= 15 is 0 Å². The highest BCUT2D eigenvalue weighted by Crippen LogP contribution is 2.37. The highest BCUT2D eigenvalue weighted by Gasteiger charge is 2.23. The van der Waals surface area contributed by atoms with Crippen molar-refractivity contribution >= 4 is 22.8 Å². The van der Waals surface area contributed by atoms with Gasteiger partial charge in [-0.05, 0) is 39.0 Å². The summed E-state index contributed by atoms with van der Waals surface area (Å²) in [6, 6.07) is 4.81. The van der Waals surface area contributed by atoms with Crippen molar-refractivity contribution in [1.82, 2.24) is 4.57 Å². The number of aromatic carboxylic acids is 1. The lowest BCUT2D eigenvalue weighted by Crippen LogP contribution is -2.27. The summed E-state index contributed by atoms with van der Waals surface area (Å²) >= 11 is 0. The van der Waals surface area contributed by atoms with Crippen molar-refractivity contribution in [1.29, 1.82) is 0 Å². The number of ether oxygens (including phenoxy) is 3. The number of methoxy groups -OCH3 is 2. The molecule has 130 valence electrons. The summed E-state index contributed by atoms with van der Waals surface area (Å²) in [5.74, 6) is -0.759. The van der Waals surface area contributed by atoms with Gasteiger partial charge in [-0.15, -0.1) is 0 Å². The first-order valence-electron chi connectivity index (χ1n) is 7.37. The molecule has 0 radical (unpaired) electrons. The molecule has 7 heteroatoms. The van der Waals surface area contributed by atoms with E-state index < -0.39 is 17.5 Å². The Labute approximate surface area is 139 Å². The lowest BCUT2D eigenvalue weighted by Gasteiger charge is -2.20. The molecule has 1 N–H and O–H groups in total. The third kappa shape index (κ3) is 3.45. The van der Waals surface area contributed by atoms with Crippen LogP contribution in [0.2, 0.25) is 0 Å². The van der Waals surface area contributed by atoms with Gasteiger partial charge in [-0.1, -0.05) is 0 Å². The number of esters is 1. The molecular weight excluding hydrogens is 314 g/mol. The van der Waals surface area contributed by atoms with E-state index in [2.05, 4.69) is 0 Å². The van der Waals surface area contributed by atoms with Crippen molar-refractivity contribution in [2.24, 2.45) is 0 Å². The number of carboxylic acids is 1. The fourth-order valence-corrected chi connectivity index (χ4v) is 2.51. The predicted octanol–water partition coefficient (Wildman–Crippen LogP) is 2.70. The molecule has 2 aromatic rings. The van der Waals surface area contributed by atoms with Crippen LogP contribution in [0.25, 0.3) is 10.9 Å². The smallest absolute Gasteiger partial charge is 0.352 e. The number of carbonyl (C=O) groups excluding carboxylic acids is 1. The van der Waals surface area contributed by atoms with Crippen molar-refractivity contribution in [3.63, 3.8) is 0 Å². The standard InChI is InChI=1S/C17H21NO6/c1-17(2,3)24-14(19)9-18-11-6-7-13(22-4)15(23-5)10(11)8-12(18)16(20)21/h6-8H,9H2,1-5H3,(H,20,21). The second kappa shape index (κ2) is 6.43. The Morgan fingerprint density at radius 1 is 1.17 bits per heavy atom. The lowest BCUT2D eigenvalue weighted by atomic mass is 10.2. The molecule has 0 fully saturated rings. The molecule has 0 saturated heterocycles. The molecule has 7 nitrogen and oxygen atoms in total. The van der Waals surface area contributed by atoms with E-state index in [1.54, 1.807) is 32.9 Å². The summed E-state index contributed by atoms with van der Waals surface area (Å²) in [5.41, 5.74) is -0.122. The summed E-state index contributed by atoms with van der Waals surface area (Å²) in [4.78, 5) is 23.7. The van der Waals surface area contributed by atoms with Gasteiger partial charge in [-0.25, -0.2) is 4.79 Å². The van der Waals surface area contributed by atoms with Gasteiger partial charge in [0.05, 0.1) is 19.7 Å². The maximum absolute atomic E-state index is 12.1. The monoisotopic (exact) mass is 335 g/mol. The second-order valence-electron chi connectivity index (χ2n) is 6.24. The Balaban J connectivity index is 2.57. The number of carboxylic acid groups (broad SMARTS) is 1. The number of hydrogen-bond donors (Lipinski definition) is 1. The van der Waals surface area contributed by atoms with Gasteiger partial charge in [-0.2, -0.15) is 0 Å². The van der Waals surface area contributed by atoms with Gasteiger partial charge >= 0.3 is 11.9 Å². The van der Waals surface area contributed by atoms with E-state index in [1.165, 1.54) is 24.9 Å². The van der Waals surface area contributed by atoms with Crippen LogP contribution in [-0.2, 0) is 16.1 Å². The normalized spacial score (nSPS) is 11.4. The van der Waals surface area contributed by atoms with Crippen LogP contribution in [0, 0.1) is 0 Å². The van der Waals surface area contributed by atoms with Crippen LogP contribution >= 0.6 is 0 Å². The van der Waals surface area contributed by atoms with Crippen LogP contribution in [0.1, 0.15) is 31.3 Å². The van der Waals surface area contributed by atoms with E-state index in [-0.39, 0.29) is 12.2 Å². The zero-order valence-electron chi connectivity index (χ0n) is 14.4. The van der Waals surface area contributed by atoms with Gasteiger partial charge in [0, 0.05) is 5.39 Å². The molecule has 1 heterocycles. The highest BCUT2D eigenvalue weighted by atomic mass is 16.6. The minimum Gasteiger partial charge on any atom is -0.493 e. The van der Waals surface area contributed by atoms with Gasteiger partial charge < -0.3 is 23.9 Å². The lowest BCUT2D eigenvalue weighted by molar-refractivity contribution is -0.155. The quantitative estimate of drug-likeness (QED) is 0.845. The van der Waals surface area contributed by atoms with Crippen molar-refractivity contribution in [3.8, 4) is 11.5 Å². The Morgan fingerprint density at radius 3 is 2.33 bits per heavy atom. The Bertz CT molecular complexity index is 784. The average Bonchev–Trinajstić information content (AvgIpc) is 2.83. The molecule has 0 atom stereocenters. The molecule has 0 aliphatic heterocycles. The van der Waals surface area contributed by atoms with Crippen molar-refractivity contribution in [3.05, 3.63) is 23.9 Å². The molecule has 24 heavy (non-hydrogen) atoms. The number of benzene rings is 1. The predicted molar refractivity (Wildman–Crippen MR) is 87.8 cm³/mol. The zero-order valence-corrected chi connectivity index (χ0v) is 14.4. The fraction of sp³-hybridized carbons (Fsp3) is 0.412. The number of hydrogen-bond acceptors (Lipinski definition) is 5. The molecule has 0 unspecified atom stereocenters. The van der Waals surface area contributed by atoms with Crippen molar-refractivity contribution in [2.75, 3.05) is 14.2 Å². The van der Waals surface area contributed by atoms with Crippen LogP contribution in [0.15, 0.2) is 18.2 Å². The average molecular weight is 335 g/mol. The first-order valence-corrected chi connectivity index (χ1v) is 7.37. The van der Waals surface area contributed by atoms with Crippen molar-refractivity contribution in [2.45, 2.75) is 32.9 Å². The van der Waals surface area contributed by atoms with Crippen LogP contribution in [-0.4, -0.2) is 41.4 Å². The molecule has 0 amide bonds. The Morgan fingerprint density at radius 2 is 1.83 bits per heavy atom. The molecule has 0 spiro atoms. The van der Waals surface area contributed by atoms with Crippen LogP contribution < -0.4 is 9.47 Å². The molecule has 0 aliphatic carbocycles. The van der Waals surface area contributed by atoms with Crippen LogP contribution in [0.3, 0.4) is 0 Å². The number of rotatable bonds is 5. The SMILES string of the molecule is COc1ccc2c(cc(C(=O)O)n2CC(=O)OC(C)(C)C)c1OC. The summed E-state index contributed by atoms with van der Waals surface area (Å²) in [7, 11) is 2.97. The Kier molecular flexibility index (Phi) is 4.73. The third-order valence-electron chi connectivity index (χ3n) is 3.35. The zero-order chi connectivity index (χ0) is 18.1. The number of aromatic nitrogens is 1. The third-order valence-corrected chi connectivity index (χ3v) is 3.35. The molecule has 1 aromatic carbocycles. The van der Waals surface area contributed by atoms with Gasteiger partial charge in [-0.3, -0.25) is 4.79 Å². The summed E-state index contributed by atoms with van der Waals surface area (Å²) in [6.45, 7) is 5.05. The minimum atomic E-state index is -1.14. The minimum absolute atomic E-state index is 0.0255. The van der Waals surface area contributed by atoms with Crippen LogP contribution in [0.4, 0.5) is 0 Å². The van der Waals surface area contributed by atoms with E-state index in [9.17, 15) is 14.7 Å². The number of carbonyl (C=O) groups is 2. The molecule has 0 saturated carbocycles. The van der Waals surface area contributed by atoms with E-state index in [0.717, 1.165) is 0 Å². The maximum Gasteiger partial charge on any atom is 0.352 e. The fourth-order valence-electron chi connectivity index (χ4n) is 2.51. The van der Waals surface area contributed by atoms with Gasteiger partial charge in [0.15, 0.2) is 11.5 Å². The van der Waals surface area contributed by atoms with Gasteiger partial charge in [0.25, 0.3) is 0 Å². The topological polar surface area (TPSA) is 87.0 Å². The molecule has 2 rings (SSSR count). The summed E-state index contributed by atoms with van der Waals surface area (Å²) in [5, 5.41) is 10.0. The Hall–Kier alpha value is -2.70. The number of nitrogens with zero attached hydrogens (tertiary/aromatic N) is 1. The largest absolute Gasteiger partial charge is 0.493 e. The first-order chi connectivity index (χ1) is 11.2. The molecule has 0 bridgehead atoms. The molecule has 1 aromatic heterocycles. The maximum atomic E-state index is 12.1. The first kappa shape index (κ1) is 17.7. The molecular formula is C17H21NO6.